The van der Waals surface area contributed by atoms with Crippen LogP contribution < -0.4 is 4.74 Å². The Balaban J connectivity index is 2.23. The molecule has 0 radical (unpaired) electrons. The Morgan fingerprint density at radius 3 is 3.00 bits per heavy atom. The Kier molecular flexibility index (Phi) is 3.66. The Morgan fingerprint density at radius 2 is 2.29 bits per heavy atom. The van der Waals surface area contributed by atoms with Crippen molar-refractivity contribution in [1.82, 2.24) is 24.7 Å². The minimum Gasteiger partial charge on any atom is -0.459 e. The number of nitrogens with zero attached hydrogens (tertiary/aromatic N) is 5. The van der Waals surface area contributed by atoms with E-state index < -0.39 is 0 Å². The first-order chi connectivity index (χ1) is 8.29. The molecular formula is C10H10ClN5O. The molecule has 0 aromatic carbocycles. The fraction of sp³-hybridized carbons (Fsp3) is 0.200. The smallest absolute Gasteiger partial charge is 0.322 e. The molecule has 2 rings (SSSR count). The van der Waals surface area contributed by atoms with E-state index in [0.717, 1.165) is 0 Å². The van der Waals surface area contributed by atoms with Gasteiger partial charge in [0.05, 0.1) is 0 Å². The number of hydrogen-bond acceptors (Lipinski definition) is 5. The van der Waals surface area contributed by atoms with Crippen LogP contribution in [0.5, 0.6) is 6.01 Å². The molecule has 0 amide bonds. The monoisotopic (exact) mass is 251 g/mol. The van der Waals surface area contributed by atoms with Crippen molar-refractivity contribution in [1.29, 1.82) is 0 Å². The van der Waals surface area contributed by atoms with E-state index in [-0.39, 0.29) is 11.3 Å². The summed E-state index contributed by atoms with van der Waals surface area (Å²) in [7, 11) is 0. The standard InChI is InChI=1S/C10H10ClN5O/c1-2-3-7-17-10-14-8(11)13-9(15-10)16-6-4-5-12-16/h2-6H,7H2,1H3. The number of rotatable bonds is 4. The van der Waals surface area contributed by atoms with Gasteiger partial charge < -0.3 is 4.74 Å². The van der Waals surface area contributed by atoms with Crippen LogP contribution in [0.4, 0.5) is 0 Å². The fourth-order valence-corrected chi connectivity index (χ4v) is 1.24. The van der Waals surface area contributed by atoms with Gasteiger partial charge in [-0.15, -0.1) is 0 Å². The van der Waals surface area contributed by atoms with E-state index in [1.54, 1.807) is 18.5 Å². The van der Waals surface area contributed by atoms with Crippen LogP contribution in [0, 0.1) is 0 Å². The third kappa shape index (κ3) is 3.01. The zero-order chi connectivity index (χ0) is 12.1. The quantitative estimate of drug-likeness (QED) is 0.774. The van der Waals surface area contributed by atoms with Crippen LogP contribution in [0.1, 0.15) is 6.92 Å². The van der Waals surface area contributed by atoms with Gasteiger partial charge in [-0.1, -0.05) is 12.2 Å². The van der Waals surface area contributed by atoms with Crippen LogP contribution >= 0.6 is 11.6 Å². The average molecular weight is 252 g/mol. The summed E-state index contributed by atoms with van der Waals surface area (Å²) < 4.78 is 6.77. The van der Waals surface area contributed by atoms with Crippen LogP contribution in [0.2, 0.25) is 5.28 Å². The second kappa shape index (κ2) is 5.40. The fourth-order valence-electron chi connectivity index (χ4n) is 1.09. The zero-order valence-electron chi connectivity index (χ0n) is 9.12. The summed E-state index contributed by atoms with van der Waals surface area (Å²) in [5.74, 6) is 0.325. The van der Waals surface area contributed by atoms with Gasteiger partial charge in [-0.2, -0.15) is 20.1 Å². The summed E-state index contributed by atoms with van der Waals surface area (Å²) in [6, 6.07) is 1.94. The highest BCUT2D eigenvalue weighted by molar-refractivity contribution is 6.28. The van der Waals surface area contributed by atoms with E-state index in [4.69, 9.17) is 16.3 Å². The summed E-state index contributed by atoms with van der Waals surface area (Å²) in [5, 5.41) is 4.07. The molecular weight excluding hydrogens is 242 g/mol. The Bertz CT molecular complexity index is 511. The van der Waals surface area contributed by atoms with Crippen LogP contribution in [0.3, 0.4) is 0 Å². The third-order valence-corrected chi connectivity index (χ3v) is 2.00. The summed E-state index contributed by atoms with van der Waals surface area (Å²) in [5.41, 5.74) is 0. The van der Waals surface area contributed by atoms with E-state index in [2.05, 4.69) is 20.1 Å². The molecule has 17 heavy (non-hydrogen) atoms. The maximum Gasteiger partial charge on any atom is 0.322 e. The summed E-state index contributed by atoms with van der Waals surface area (Å²) >= 11 is 5.78. The van der Waals surface area contributed by atoms with Gasteiger partial charge in [-0.25, -0.2) is 4.68 Å². The van der Waals surface area contributed by atoms with Crippen molar-refractivity contribution in [2.45, 2.75) is 6.92 Å². The maximum atomic E-state index is 5.78. The predicted octanol–water partition coefficient (Wildman–Crippen LogP) is 1.67. The van der Waals surface area contributed by atoms with E-state index in [0.29, 0.717) is 12.6 Å². The lowest BCUT2D eigenvalue weighted by molar-refractivity contribution is 0.330. The second-order valence-corrected chi connectivity index (χ2v) is 3.36. The van der Waals surface area contributed by atoms with Gasteiger partial charge in [0.15, 0.2) is 0 Å². The van der Waals surface area contributed by atoms with Gasteiger partial charge in [0.2, 0.25) is 5.28 Å². The molecule has 0 spiro atoms. The SMILES string of the molecule is CC=CCOc1nc(Cl)nc(-n2cccn2)n1. The third-order valence-electron chi connectivity index (χ3n) is 1.83. The first kappa shape index (κ1) is 11.5. The van der Waals surface area contributed by atoms with Crippen molar-refractivity contribution in [3.05, 3.63) is 35.9 Å². The van der Waals surface area contributed by atoms with E-state index >= 15 is 0 Å². The van der Waals surface area contributed by atoms with Crippen molar-refractivity contribution in [3.63, 3.8) is 0 Å². The second-order valence-electron chi connectivity index (χ2n) is 3.02. The first-order valence-electron chi connectivity index (χ1n) is 4.95. The van der Waals surface area contributed by atoms with Crippen molar-refractivity contribution in [2.24, 2.45) is 0 Å². The van der Waals surface area contributed by atoms with Crippen molar-refractivity contribution in [3.8, 4) is 12.0 Å². The zero-order valence-corrected chi connectivity index (χ0v) is 9.87. The molecule has 6 nitrogen and oxygen atoms in total. The molecule has 2 heterocycles. The number of ether oxygens (including phenoxy) is 1. The van der Waals surface area contributed by atoms with Crippen LogP contribution in [0.15, 0.2) is 30.6 Å². The van der Waals surface area contributed by atoms with E-state index in [9.17, 15) is 0 Å². The predicted molar refractivity (Wildman–Crippen MR) is 62.3 cm³/mol. The van der Waals surface area contributed by atoms with Crippen molar-refractivity contribution < 1.29 is 4.74 Å². The molecule has 0 N–H and O–H groups in total. The first-order valence-corrected chi connectivity index (χ1v) is 5.33. The van der Waals surface area contributed by atoms with Gasteiger partial charge in [-0.3, -0.25) is 0 Å². The van der Waals surface area contributed by atoms with Crippen molar-refractivity contribution >= 4 is 11.6 Å². The number of allylic oxidation sites excluding steroid dienone is 1. The molecule has 7 heteroatoms. The lowest BCUT2D eigenvalue weighted by atomic mass is 10.6. The molecule has 0 saturated carbocycles. The summed E-state index contributed by atoms with van der Waals surface area (Å²) in [6.45, 7) is 2.29. The van der Waals surface area contributed by atoms with Crippen molar-refractivity contribution in [2.75, 3.05) is 6.61 Å². The molecule has 0 aliphatic heterocycles. The molecule has 0 bridgehead atoms. The minimum absolute atomic E-state index is 0.0704. The molecule has 2 aromatic rings. The van der Waals surface area contributed by atoms with Gasteiger partial charge in [0, 0.05) is 12.4 Å². The highest BCUT2D eigenvalue weighted by Crippen LogP contribution is 2.10. The summed E-state index contributed by atoms with van der Waals surface area (Å²) in [4.78, 5) is 11.9. The highest BCUT2D eigenvalue weighted by Gasteiger charge is 2.07. The molecule has 88 valence electrons. The lowest BCUT2D eigenvalue weighted by Crippen LogP contribution is -2.06. The van der Waals surface area contributed by atoms with Crippen LogP contribution in [0.25, 0.3) is 5.95 Å². The molecule has 0 atom stereocenters. The number of hydrogen-bond donors (Lipinski definition) is 0. The maximum absolute atomic E-state index is 5.78. The Labute approximate surface area is 103 Å². The molecule has 0 fully saturated rings. The van der Waals surface area contributed by atoms with Gasteiger partial charge in [0.25, 0.3) is 5.95 Å². The van der Waals surface area contributed by atoms with Crippen LogP contribution in [-0.2, 0) is 0 Å². The number of aromatic nitrogens is 5. The van der Waals surface area contributed by atoms with Gasteiger partial charge in [-0.05, 0) is 24.6 Å². The average Bonchev–Trinajstić information content (AvgIpc) is 2.82. The summed E-state index contributed by atoms with van der Waals surface area (Å²) in [6.07, 6.45) is 7.04. The molecule has 0 aliphatic rings. The molecule has 0 saturated heterocycles. The van der Waals surface area contributed by atoms with E-state index in [1.807, 2.05) is 19.1 Å². The Hall–Kier alpha value is -1.95. The molecule has 2 aromatic heterocycles. The minimum atomic E-state index is 0.0704. The van der Waals surface area contributed by atoms with Gasteiger partial charge >= 0.3 is 6.01 Å². The normalized spacial score (nSPS) is 10.9. The Morgan fingerprint density at radius 1 is 1.41 bits per heavy atom. The largest absolute Gasteiger partial charge is 0.459 e. The molecule has 0 unspecified atom stereocenters. The molecule has 0 aliphatic carbocycles. The highest BCUT2D eigenvalue weighted by atomic mass is 35.5. The number of halogens is 1. The van der Waals surface area contributed by atoms with Gasteiger partial charge in [0.1, 0.15) is 6.61 Å². The van der Waals surface area contributed by atoms with E-state index in [1.165, 1.54) is 4.68 Å². The lowest BCUT2D eigenvalue weighted by Gasteiger charge is -2.03. The topological polar surface area (TPSA) is 65.7 Å². The van der Waals surface area contributed by atoms with Crippen LogP contribution in [-0.4, -0.2) is 31.3 Å².